The molecule has 0 saturated heterocycles. The van der Waals surface area contributed by atoms with Crippen LogP contribution in [0.3, 0.4) is 0 Å². The van der Waals surface area contributed by atoms with E-state index in [1.165, 1.54) is 23.1 Å². The molecule has 0 aliphatic heterocycles. The van der Waals surface area contributed by atoms with Crippen molar-refractivity contribution in [2.24, 2.45) is 0 Å². The van der Waals surface area contributed by atoms with Gasteiger partial charge in [0.15, 0.2) is 0 Å². The Morgan fingerprint density at radius 1 is 1.37 bits per heavy atom. The number of thioether (sulfide) groups is 1. The van der Waals surface area contributed by atoms with E-state index in [9.17, 15) is 4.21 Å². The van der Waals surface area contributed by atoms with Crippen LogP contribution in [0.5, 0.6) is 0 Å². The van der Waals surface area contributed by atoms with E-state index in [1.807, 2.05) is 5.38 Å². The lowest BCUT2D eigenvalue weighted by atomic mass is 10.4. The fourth-order valence-electron chi connectivity index (χ4n) is 1.37. The summed E-state index contributed by atoms with van der Waals surface area (Å²) < 4.78 is 11.7. The van der Waals surface area contributed by atoms with Crippen LogP contribution in [-0.2, 0) is 10.8 Å². The molecule has 2 rings (SSSR count). The maximum absolute atomic E-state index is 11.7. The number of hydrogen-bond donors (Lipinski definition) is 0. The van der Waals surface area contributed by atoms with Gasteiger partial charge in [-0.2, -0.15) is 0 Å². The van der Waals surface area contributed by atoms with Crippen molar-refractivity contribution in [3.63, 3.8) is 0 Å². The summed E-state index contributed by atoms with van der Waals surface area (Å²) in [4.78, 5) is 12.9. The largest absolute Gasteiger partial charge is 0.260 e. The molecule has 0 spiro atoms. The maximum Gasteiger partial charge on any atom is 0.116 e. The first-order chi connectivity index (χ1) is 9.29. The lowest BCUT2D eigenvalue weighted by Crippen LogP contribution is -2.00. The highest BCUT2D eigenvalue weighted by atomic mass is 32.2. The molecule has 19 heavy (non-hydrogen) atoms. The minimum absolute atomic E-state index is 0.579. The van der Waals surface area contributed by atoms with E-state index in [-0.39, 0.29) is 0 Å². The van der Waals surface area contributed by atoms with Gasteiger partial charge < -0.3 is 0 Å². The van der Waals surface area contributed by atoms with Gasteiger partial charge in [0.1, 0.15) is 16.4 Å². The van der Waals surface area contributed by atoms with Crippen LogP contribution >= 0.6 is 23.1 Å². The minimum atomic E-state index is -0.782. The zero-order valence-electron chi connectivity index (χ0n) is 10.6. The Morgan fingerprint density at radius 2 is 2.26 bits per heavy atom. The second kappa shape index (κ2) is 7.72. The van der Waals surface area contributed by atoms with E-state index >= 15 is 0 Å². The third-order valence-corrected chi connectivity index (χ3v) is 5.72. The first-order valence-corrected chi connectivity index (χ1v) is 9.39. The molecule has 0 saturated carbocycles. The fraction of sp³-hybridized carbons (Fsp3) is 0.417. The molecule has 1 unspecified atom stereocenters. The molecule has 0 aliphatic carbocycles. The van der Waals surface area contributed by atoms with Gasteiger partial charge in [-0.15, -0.1) is 11.3 Å². The average molecular weight is 313 g/mol. The molecule has 2 aromatic heterocycles. The smallest absolute Gasteiger partial charge is 0.116 e. The van der Waals surface area contributed by atoms with Gasteiger partial charge in [0.2, 0.25) is 0 Å². The summed E-state index contributed by atoms with van der Waals surface area (Å²) in [7, 11) is -0.782. The molecule has 0 amide bonds. The molecule has 0 aliphatic rings. The second-order valence-corrected chi connectivity index (χ2v) is 7.53. The van der Waals surface area contributed by atoms with Crippen molar-refractivity contribution in [3.8, 4) is 11.4 Å². The lowest BCUT2D eigenvalue weighted by Gasteiger charge is -2.02. The van der Waals surface area contributed by atoms with Gasteiger partial charge in [0.05, 0.1) is 23.0 Å². The summed E-state index contributed by atoms with van der Waals surface area (Å²) >= 11 is 3.03. The van der Waals surface area contributed by atoms with Crippen molar-refractivity contribution in [1.29, 1.82) is 0 Å². The minimum Gasteiger partial charge on any atom is -0.260 e. The van der Waals surface area contributed by atoms with Gasteiger partial charge in [-0.1, -0.05) is 25.1 Å². The number of hydrogen-bond acceptors (Lipinski definition) is 6. The molecule has 0 radical (unpaired) electrons. The Morgan fingerprint density at radius 3 is 3.00 bits per heavy atom. The van der Waals surface area contributed by atoms with Crippen molar-refractivity contribution in [2.45, 2.75) is 24.8 Å². The van der Waals surface area contributed by atoms with Crippen molar-refractivity contribution >= 4 is 33.9 Å². The molecule has 0 bridgehead atoms. The molecule has 4 nitrogen and oxygen atoms in total. The highest BCUT2D eigenvalue weighted by molar-refractivity contribution is 8.10. The Labute approximate surface area is 123 Å². The van der Waals surface area contributed by atoms with Gasteiger partial charge in [-0.25, -0.2) is 9.97 Å². The predicted molar refractivity (Wildman–Crippen MR) is 81.8 cm³/mol. The standard InChI is InChI=1S/C12H15N3OS3/c1-2-3-4-19(16)9-18-12-6-13-5-10(15-12)11-7-17-8-14-11/h5-8H,2-4,9H2,1H3. The first-order valence-electron chi connectivity index (χ1n) is 5.98. The van der Waals surface area contributed by atoms with Crippen LogP contribution in [0.2, 0.25) is 0 Å². The molecule has 1 atom stereocenters. The van der Waals surface area contributed by atoms with Gasteiger partial charge in [0, 0.05) is 21.9 Å². The number of unbranched alkanes of at least 4 members (excludes halogenated alkanes) is 1. The van der Waals surface area contributed by atoms with E-state index < -0.39 is 10.8 Å². The Hall–Kier alpha value is -0.790. The second-order valence-electron chi connectivity index (χ2n) is 3.88. The summed E-state index contributed by atoms with van der Waals surface area (Å²) in [5.74, 6) is 0.767. The molecule has 2 aromatic rings. The lowest BCUT2D eigenvalue weighted by molar-refractivity contribution is 0.682. The van der Waals surface area contributed by atoms with Gasteiger partial charge in [-0.05, 0) is 6.42 Å². The van der Waals surface area contributed by atoms with Crippen LogP contribution in [0.25, 0.3) is 11.4 Å². The normalized spacial score (nSPS) is 12.5. The molecular formula is C12H15N3OS3. The first kappa shape index (κ1) is 14.6. The third-order valence-electron chi connectivity index (χ3n) is 2.37. The van der Waals surface area contributed by atoms with Crippen molar-refractivity contribution in [2.75, 3.05) is 10.8 Å². The molecule has 0 fully saturated rings. The summed E-state index contributed by atoms with van der Waals surface area (Å²) in [5, 5.41) is 3.32. The van der Waals surface area contributed by atoms with Crippen molar-refractivity contribution < 1.29 is 4.21 Å². The molecule has 102 valence electrons. The number of nitrogens with zero attached hydrogens (tertiary/aromatic N) is 3. The number of aromatic nitrogens is 3. The number of rotatable bonds is 7. The summed E-state index contributed by atoms with van der Waals surface area (Å²) in [6.45, 7) is 2.10. The molecular weight excluding hydrogens is 298 g/mol. The molecule has 0 aromatic carbocycles. The summed E-state index contributed by atoms with van der Waals surface area (Å²) in [5.41, 5.74) is 3.38. The zero-order chi connectivity index (χ0) is 13.5. The molecule has 7 heteroatoms. The predicted octanol–water partition coefficient (Wildman–Crippen LogP) is 3.20. The van der Waals surface area contributed by atoms with Crippen molar-refractivity contribution in [1.82, 2.24) is 15.0 Å². The highest BCUT2D eigenvalue weighted by Gasteiger charge is 2.06. The third kappa shape index (κ3) is 4.67. The van der Waals surface area contributed by atoms with Gasteiger partial charge in [-0.3, -0.25) is 9.19 Å². The van der Waals surface area contributed by atoms with E-state index in [2.05, 4.69) is 21.9 Å². The number of thiazole rings is 1. The van der Waals surface area contributed by atoms with Crippen LogP contribution < -0.4 is 0 Å². The van der Waals surface area contributed by atoms with E-state index in [0.717, 1.165) is 35.0 Å². The van der Waals surface area contributed by atoms with Crippen molar-refractivity contribution in [3.05, 3.63) is 23.3 Å². The molecule has 0 N–H and O–H groups in total. The van der Waals surface area contributed by atoms with E-state index in [1.54, 1.807) is 17.9 Å². The van der Waals surface area contributed by atoms with Crippen LogP contribution in [0.4, 0.5) is 0 Å². The Bertz CT molecular complexity index is 531. The van der Waals surface area contributed by atoms with Crippen LogP contribution in [-0.4, -0.2) is 30.0 Å². The summed E-state index contributed by atoms with van der Waals surface area (Å²) in [6.07, 6.45) is 5.50. The quantitative estimate of drug-likeness (QED) is 0.735. The van der Waals surface area contributed by atoms with Crippen LogP contribution in [0.1, 0.15) is 19.8 Å². The van der Waals surface area contributed by atoms with Crippen LogP contribution in [0.15, 0.2) is 28.3 Å². The summed E-state index contributed by atoms with van der Waals surface area (Å²) in [6, 6.07) is 0. The Balaban J connectivity index is 1.94. The maximum atomic E-state index is 11.7. The average Bonchev–Trinajstić information content (AvgIpc) is 2.97. The van der Waals surface area contributed by atoms with Gasteiger partial charge >= 0.3 is 0 Å². The van der Waals surface area contributed by atoms with Gasteiger partial charge in [0.25, 0.3) is 0 Å². The highest BCUT2D eigenvalue weighted by Crippen LogP contribution is 2.21. The monoisotopic (exact) mass is 313 g/mol. The molecule has 2 heterocycles. The topological polar surface area (TPSA) is 55.7 Å². The fourth-order valence-corrected chi connectivity index (χ4v) is 4.31. The SMILES string of the molecule is CCCCS(=O)CSc1cncc(-c2cscn2)n1. The van der Waals surface area contributed by atoms with E-state index in [4.69, 9.17) is 0 Å². The van der Waals surface area contributed by atoms with Crippen LogP contribution in [0, 0.1) is 0 Å². The van der Waals surface area contributed by atoms with E-state index in [0.29, 0.717) is 5.08 Å². The Kier molecular flexibility index (Phi) is 5.93. The zero-order valence-corrected chi connectivity index (χ0v) is 13.1.